The van der Waals surface area contributed by atoms with Gasteiger partial charge in [0.05, 0.1) is 12.4 Å². The third kappa shape index (κ3) is 3.67. The highest BCUT2D eigenvalue weighted by Crippen LogP contribution is 2.47. The second-order valence-electron chi connectivity index (χ2n) is 6.63. The van der Waals surface area contributed by atoms with Gasteiger partial charge in [0, 0.05) is 5.92 Å². The second-order valence-corrected chi connectivity index (χ2v) is 8.23. The molecule has 0 spiro atoms. The Bertz CT molecular complexity index is 567. The Morgan fingerprint density at radius 1 is 1.00 bits per heavy atom. The summed E-state index contributed by atoms with van der Waals surface area (Å²) in [5.41, 5.74) is 1.22. The lowest BCUT2D eigenvalue weighted by molar-refractivity contribution is 0.0496. The summed E-state index contributed by atoms with van der Waals surface area (Å²) in [5.74, 6) is 1.59. The van der Waals surface area contributed by atoms with E-state index in [2.05, 4.69) is 12.1 Å². The largest absolute Gasteiger partial charge is 0.266 e. The highest BCUT2D eigenvalue weighted by atomic mass is 32.2. The van der Waals surface area contributed by atoms with Crippen molar-refractivity contribution in [3.8, 4) is 0 Å². The minimum absolute atomic E-state index is 0.193. The molecule has 0 N–H and O–H groups in total. The lowest BCUT2D eigenvalue weighted by Crippen LogP contribution is -2.38. The van der Waals surface area contributed by atoms with Crippen molar-refractivity contribution in [1.82, 2.24) is 0 Å². The van der Waals surface area contributed by atoms with Gasteiger partial charge in [0.1, 0.15) is 0 Å². The molecule has 4 heteroatoms. The molecular weight excluding hydrogens is 284 g/mol. The van der Waals surface area contributed by atoms with Crippen molar-refractivity contribution in [2.45, 2.75) is 50.5 Å². The summed E-state index contributed by atoms with van der Waals surface area (Å²) < 4.78 is 28.7. The molecule has 0 aliphatic heterocycles. The van der Waals surface area contributed by atoms with Crippen molar-refractivity contribution in [3.63, 3.8) is 0 Å². The molecule has 0 bridgehead atoms. The monoisotopic (exact) mass is 308 g/mol. The molecule has 2 aliphatic rings. The summed E-state index contributed by atoms with van der Waals surface area (Å²) >= 11 is 0. The minimum Gasteiger partial charge on any atom is -0.266 e. The van der Waals surface area contributed by atoms with Gasteiger partial charge in [-0.05, 0) is 30.2 Å². The van der Waals surface area contributed by atoms with Crippen molar-refractivity contribution in [1.29, 1.82) is 0 Å². The van der Waals surface area contributed by atoms with Crippen LogP contribution in [-0.4, -0.2) is 20.8 Å². The summed E-state index contributed by atoms with van der Waals surface area (Å²) in [6, 6.07) is 10.3. The molecule has 1 aromatic carbocycles. The Hall–Kier alpha value is -0.870. The van der Waals surface area contributed by atoms with Crippen molar-refractivity contribution < 1.29 is 12.6 Å². The molecule has 3 rings (SSSR count). The van der Waals surface area contributed by atoms with Crippen molar-refractivity contribution in [3.05, 3.63) is 35.9 Å². The maximum Gasteiger partial charge on any atom is 0.264 e. The molecule has 4 atom stereocenters. The summed E-state index contributed by atoms with van der Waals surface area (Å²) in [6.45, 7) is 0. The van der Waals surface area contributed by atoms with Crippen LogP contribution in [0.3, 0.4) is 0 Å². The van der Waals surface area contributed by atoms with Gasteiger partial charge >= 0.3 is 0 Å². The average Bonchev–Trinajstić information content (AvgIpc) is 2.46. The van der Waals surface area contributed by atoms with E-state index in [1.807, 2.05) is 18.2 Å². The predicted molar refractivity (Wildman–Crippen MR) is 83.6 cm³/mol. The Labute approximate surface area is 127 Å². The zero-order chi connectivity index (χ0) is 14.9. The zero-order valence-corrected chi connectivity index (χ0v) is 13.4. The minimum atomic E-state index is -3.40. The molecule has 0 unspecified atom stereocenters. The lowest BCUT2D eigenvalue weighted by atomic mass is 9.65. The first-order chi connectivity index (χ1) is 10.0. The lowest BCUT2D eigenvalue weighted by Gasteiger charge is -2.43. The van der Waals surface area contributed by atoms with E-state index in [4.69, 9.17) is 4.18 Å². The van der Waals surface area contributed by atoms with Gasteiger partial charge in [-0.1, -0.05) is 56.0 Å². The van der Waals surface area contributed by atoms with Crippen LogP contribution in [0, 0.1) is 11.8 Å². The molecule has 2 aliphatic carbocycles. The number of fused-ring (bicyclic) bond motifs is 1. The zero-order valence-electron chi connectivity index (χ0n) is 12.6. The van der Waals surface area contributed by atoms with E-state index in [0.717, 1.165) is 18.8 Å². The Morgan fingerprint density at radius 2 is 1.62 bits per heavy atom. The Kier molecular flexibility index (Phi) is 4.36. The molecule has 21 heavy (non-hydrogen) atoms. The third-order valence-corrected chi connectivity index (χ3v) is 5.73. The van der Waals surface area contributed by atoms with E-state index in [-0.39, 0.29) is 12.0 Å². The van der Waals surface area contributed by atoms with Gasteiger partial charge in [0.25, 0.3) is 10.1 Å². The van der Waals surface area contributed by atoms with Gasteiger partial charge in [-0.25, -0.2) is 0 Å². The van der Waals surface area contributed by atoms with Crippen LogP contribution in [0.5, 0.6) is 0 Å². The van der Waals surface area contributed by atoms with E-state index in [1.165, 1.54) is 37.5 Å². The van der Waals surface area contributed by atoms with Gasteiger partial charge in [-0.15, -0.1) is 0 Å². The molecule has 0 radical (unpaired) electrons. The fourth-order valence-electron chi connectivity index (χ4n) is 4.23. The molecule has 2 saturated carbocycles. The van der Waals surface area contributed by atoms with E-state index in [0.29, 0.717) is 5.92 Å². The molecule has 3 nitrogen and oxygen atoms in total. The van der Waals surface area contributed by atoms with E-state index in [9.17, 15) is 8.42 Å². The van der Waals surface area contributed by atoms with Crippen LogP contribution in [0.25, 0.3) is 0 Å². The molecule has 2 fully saturated rings. The van der Waals surface area contributed by atoms with Crippen LogP contribution in [0.1, 0.15) is 50.0 Å². The maximum absolute atomic E-state index is 11.6. The van der Waals surface area contributed by atoms with Crippen LogP contribution >= 0.6 is 0 Å². The number of hydrogen-bond acceptors (Lipinski definition) is 3. The van der Waals surface area contributed by atoms with Crippen LogP contribution in [-0.2, 0) is 14.3 Å². The number of hydrogen-bond donors (Lipinski definition) is 0. The van der Waals surface area contributed by atoms with Crippen molar-refractivity contribution >= 4 is 10.1 Å². The van der Waals surface area contributed by atoms with Crippen molar-refractivity contribution in [2.75, 3.05) is 6.26 Å². The number of rotatable bonds is 3. The van der Waals surface area contributed by atoms with E-state index < -0.39 is 10.1 Å². The maximum atomic E-state index is 11.6. The van der Waals surface area contributed by atoms with E-state index in [1.54, 1.807) is 0 Å². The molecule has 0 aromatic heterocycles. The second kappa shape index (κ2) is 6.09. The summed E-state index contributed by atoms with van der Waals surface area (Å²) in [4.78, 5) is 0. The Balaban J connectivity index is 1.85. The van der Waals surface area contributed by atoms with Gasteiger partial charge in [-0.3, -0.25) is 4.18 Å². The molecule has 116 valence electrons. The normalized spacial score (nSPS) is 33.4. The van der Waals surface area contributed by atoms with Gasteiger partial charge in [-0.2, -0.15) is 8.42 Å². The summed E-state index contributed by atoms with van der Waals surface area (Å²) in [7, 11) is -3.40. The fraction of sp³-hybridized carbons (Fsp3) is 0.647. The molecular formula is C17H24O3S. The highest BCUT2D eigenvalue weighted by molar-refractivity contribution is 7.86. The quantitative estimate of drug-likeness (QED) is 0.799. The Morgan fingerprint density at radius 3 is 2.24 bits per heavy atom. The van der Waals surface area contributed by atoms with Crippen LogP contribution in [0.4, 0.5) is 0 Å². The van der Waals surface area contributed by atoms with Gasteiger partial charge in [0.15, 0.2) is 0 Å². The predicted octanol–water partition coefficient (Wildman–Crippen LogP) is 3.72. The van der Waals surface area contributed by atoms with Crippen LogP contribution in [0.15, 0.2) is 30.3 Å². The first-order valence-corrected chi connectivity index (χ1v) is 9.78. The van der Waals surface area contributed by atoms with Crippen molar-refractivity contribution in [2.24, 2.45) is 11.8 Å². The summed E-state index contributed by atoms with van der Waals surface area (Å²) in [6.07, 6.45) is 8.05. The summed E-state index contributed by atoms with van der Waals surface area (Å²) in [5, 5.41) is 0. The molecule has 0 heterocycles. The topological polar surface area (TPSA) is 43.4 Å². The first kappa shape index (κ1) is 15.0. The molecule has 0 saturated heterocycles. The SMILES string of the molecule is CS(=O)(=O)O[C@H]1C[C@@H]2CCCC[C@H]2C[C@H]1c1ccccc1. The smallest absolute Gasteiger partial charge is 0.264 e. The number of benzene rings is 1. The van der Waals surface area contributed by atoms with Gasteiger partial charge in [0.2, 0.25) is 0 Å². The molecule has 1 aromatic rings. The van der Waals surface area contributed by atoms with E-state index >= 15 is 0 Å². The third-order valence-electron chi connectivity index (χ3n) is 5.13. The van der Waals surface area contributed by atoms with Gasteiger partial charge < -0.3 is 0 Å². The average molecular weight is 308 g/mol. The van der Waals surface area contributed by atoms with Crippen LogP contribution in [0.2, 0.25) is 0 Å². The van der Waals surface area contributed by atoms with Crippen LogP contribution < -0.4 is 0 Å². The fourth-order valence-corrected chi connectivity index (χ4v) is 4.89. The highest BCUT2D eigenvalue weighted by Gasteiger charge is 2.40. The molecule has 0 amide bonds. The standard InChI is InChI=1S/C17H24O3S/c1-21(18,19)20-17-12-15-10-6-5-9-14(15)11-16(17)13-7-3-2-4-8-13/h2-4,7-8,14-17H,5-6,9-12H2,1H3/t14-,15-,16-,17-/m0/s1. The first-order valence-electron chi connectivity index (χ1n) is 7.96.